The van der Waals surface area contributed by atoms with Gasteiger partial charge in [0.2, 0.25) is 0 Å². The zero-order valence-corrected chi connectivity index (χ0v) is 13.6. The Morgan fingerprint density at radius 1 is 1.44 bits per heavy atom. The molecule has 1 fully saturated rings. The minimum atomic E-state index is 0.273. The van der Waals surface area contributed by atoms with Gasteiger partial charge < -0.3 is 10.5 Å². The molecule has 1 heterocycles. The van der Waals surface area contributed by atoms with Crippen LogP contribution in [0.25, 0.3) is 0 Å². The number of likely N-dealkylation sites (tertiary alicyclic amines) is 1. The Bertz CT molecular complexity index is 414. The molecule has 3 nitrogen and oxygen atoms in total. The summed E-state index contributed by atoms with van der Waals surface area (Å²) in [5, 5.41) is 0. The average Bonchev–Trinajstić information content (AvgIpc) is 2.83. The third-order valence-corrected chi connectivity index (χ3v) is 5.38. The topological polar surface area (TPSA) is 38.5 Å². The van der Waals surface area contributed by atoms with Crippen LogP contribution in [-0.4, -0.2) is 37.7 Å². The molecular weight excluding hydrogens is 360 g/mol. The highest BCUT2D eigenvalue weighted by Crippen LogP contribution is 2.30. The van der Waals surface area contributed by atoms with Crippen molar-refractivity contribution in [3.05, 3.63) is 32.7 Å². The second-order valence-electron chi connectivity index (χ2n) is 4.57. The fourth-order valence-electron chi connectivity index (χ4n) is 2.45. The number of nitrogens with two attached hydrogens (primary N) is 1. The summed E-state index contributed by atoms with van der Waals surface area (Å²) in [6.07, 6.45) is 1.43. The summed E-state index contributed by atoms with van der Waals surface area (Å²) in [6, 6.07) is 6.61. The fourth-order valence-corrected chi connectivity index (χ4v) is 3.09. The van der Waals surface area contributed by atoms with Crippen LogP contribution in [0, 0.1) is 0 Å². The molecule has 0 bridgehead atoms. The number of nitrogens with zero attached hydrogens (tertiary/aromatic N) is 1. The first-order chi connectivity index (χ1) is 8.65. The van der Waals surface area contributed by atoms with Crippen molar-refractivity contribution < 1.29 is 4.74 Å². The molecule has 1 aliphatic heterocycles. The Morgan fingerprint density at radius 3 is 2.78 bits per heavy atom. The van der Waals surface area contributed by atoms with Crippen LogP contribution in [0.2, 0.25) is 0 Å². The van der Waals surface area contributed by atoms with E-state index in [9.17, 15) is 0 Å². The summed E-state index contributed by atoms with van der Waals surface area (Å²) in [5.41, 5.74) is 7.20. The van der Waals surface area contributed by atoms with Crippen molar-refractivity contribution in [1.82, 2.24) is 4.90 Å². The lowest BCUT2D eigenvalue weighted by Crippen LogP contribution is -2.33. The molecule has 2 rings (SSSR count). The minimum Gasteiger partial charge on any atom is -0.380 e. The van der Waals surface area contributed by atoms with Gasteiger partial charge in [-0.15, -0.1) is 0 Å². The molecule has 0 radical (unpaired) electrons. The van der Waals surface area contributed by atoms with Gasteiger partial charge in [-0.2, -0.15) is 0 Å². The molecule has 2 atom stereocenters. The summed E-state index contributed by atoms with van der Waals surface area (Å²) in [7, 11) is 1.78. The summed E-state index contributed by atoms with van der Waals surface area (Å²) in [5.74, 6) is 0. The first-order valence-corrected chi connectivity index (χ1v) is 7.66. The van der Waals surface area contributed by atoms with Gasteiger partial charge in [-0.25, -0.2) is 0 Å². The smallest absolute Gasteiger partial charge is 0.0710 e. The molecular formula is C13H18Br2N2O. The van der Waals surface area contributed by atoms with E-state index in [1.165, 1.54) is 5.56 Å². The Kier molecular flexibility index (Phi) is 5.21. The second kappa shape index (κ2) is 6.48. The normalized spacial score (nSPS) is 22.3. The molecule has 0 aliphatic carbocycles. The van der Waals surface area contributed by atoms with Gasteiger partial charge in [-0.05, 0) is 56.0 Å². The summed E-state index contributed by atoms with van der Waals surface area (Å²) >= 11 is 7.04. The van der Waals surface area contributed by atoms with E-state index in [1.807, 2.05) is 0 Å². The minimum absolute atomic E-state index is 0.273. The molecule has 1 aromatic rings. The standard InChI is InChI=1S/C13H18Br2N2O/c1-18-10-4-5-17(8-10)13(7-16)9-2-3-11(14)12(15)6-9/h2-3,6,10,13H,4-5,7-8,16H2,1H3. The van der Waals surface area contributed by atoms with E-state index < -0.39 is 0 Å². The Balaban J connectivity index is 2.15. The zero-order valence-electron chi connectivity index (χ0n) is 10.4. The molecule has 2 N–H and O–H groups in total. The third kappa shape index (κ3) is 3.14. The molecule has 18 heavy (non-hydrogen) atoms. The lowest BCUT2D eigenvalue weighted by Gasteiger charge is -2.27. The molecule has 0 saturated carbocycles. The quantitative estimate of drug-likeness (QED) is 0.876. The first kappa shape index (κ1) is 14.5. The lowest BCUT2D eigenvalue weighted by atomic mass is 10.1. The highest BCUT2D eigenvalue weighted by molar-refractivity contribution is 9.13. The SMILES string of the molecule is COC1CCN(C(CN)c2ccc(Br)c(Br)c2)C1. The molecule has 1 aromatic carbocycles. The molecule has 5 heteroatoms. The van der Waals surface area contributed by atoms with Crippen molar-refractivity contribution in [1.29, 1.82) is 0 Å². The molecule has 100 valence electrons. The van der Waals surface area contributed by atoms with E-state index in [1.54, 1.807) is 7.11 Å². The van der Waals surface area contributed by atoms with E-state index in [0.29, 0.717) is 12.6 Å². The maximum Gasteiger partial charge on any atom is 0.0710 e. The number of hydrogen-bond acceptors (Lipinski definition) is 3. The summed E-state index contributed by atoms with van der Waals surface area (Å²) < 4.78 is 7.55. The number of rotatable bonds is 4. The van der Waals surface area contributed by atoms with Gasteiger partial charge in [0.25, 0.3) is 0 Å². The second-order valence-corrected chi connectivity index (χ2v) is 6.28. The van der Waals surface area contributed by atoms with Crippen molar-refractivity contribution >= 4 is 31.9 Å². The van der Waals surface area contributed by atoms with Crippen LogP contribution in [0.5, 0.6) is 0 Å². The van der Waals surface area contributed by atoms with Gasteiger partial charge in [-0.3, -0.25) is 4.90 Å². The fraction of sp³-hybridized carbons (Fsp3) is 0.538. The third-order valence-electron chi connectivity index (χ3n) is 3.50. The average molecular weight is 378 g/mol. The number of halogens is 2. The number of hydrogen-bond donors (Lipinski definition) is 1. The molecule has 0 amide bonds. The number of methoxy groups -OCH3 is 1. The number of ether oxygens (including phenoxy) is 1. The summed E-state index contributed by atoms with van der Waals surface area (Å²) in [6.45, 7) is 2.64. The van der Waals surface area contributed by atoms with E-state index in [0.717, 1.165) is 28.5 Å². The zero-order chi connectivity index (χ0) is 13.1. The van der Waals surface area contributed by atoms with Gasteiger partial charge in [-0.1, -0.05) is 6.07 Å². The van der Waals surface area contributed by atoms with Crippen molar-refractivity contribution in [3.63, 3.8) is 0 Å². The first-order valence-electron chi connectivity index (χ1n) is 6.07. The predicted octanol–water partition coefficient (Wildman–Crippen LogP) is 2.93. The molecule has 2 unspecified atom stereocenters. The van der Waals surface area contributed by atoms with Crippen LogP contribution >= 0.6 is 31.9 Å². The number of benzene rings is 1. The van der Waals surface area contributed by atoms with Crippen molar-refractivity contribution in [2.45, 2.75) is 18.6 Å². The molecule has 0 aromatic heterocycles. The van der Waals surface area contributed by atoms with Crippen molar-refractivity contribution in [2.75, 3.05) is 26.7 Å². The maximum absolute atomic E-state index is 5.95. The van der Waals surface area contributed by atoms with Gasteiger partial charge in [0.05, 0.1) is 6.10 Å². The predicted molar refractivity (Wildman–Crippen MR) is 80.6 cm³/mol. The van der Waals surface area contributed by atoms with Gasteiger partial charge >= 0.3 is 0 Å². The lowest BCUT2D eigenvalue weighted by molar-refractivity contribution is 0.101. The Morgan fingerprint density at radius 2 is 2.22 bits per heavy atom. The van der Waals surface area contributed by atoms with Crippen LogP contribution in [-0.2, 0) is 4.74 Å². The van der Waals surface area contributed by atoms with Crippen molar-refractivity contribution in [2.24, 2.45) is 5.73 Å². The van der Waals surface area contributed by atoms with Gasteiger partial charge in [0.1, 0.15) is 0 Å². The Hall–Kier alpha value is 0.0600. The van der Waals surface area contributed by atoms with E-state index in [4.69, 9.17) is 10.5 Å². The van der Waals surface area contributed by atoms with Crippen LogP contribution < -0.4 is 5.73 Å². The highest BCUT2D eigenvalue weighted by atomic mass is 79.9. The Labute approximate surface area is 125 Å². The summed E-state index contributed by atoms with van der Waals surface area (Å²) in [4.78, 5) is 2.41. The van der Waals surface area contributed by atoms with Gasteiger partial charge in [0.15, 0.2) is 0 Å². The van der Waals surface area contributed by atoms with Gasteiger partial charge in [0, 0.05) is 41.7 Å². The van der Waals surface area contributed by atoms with Crippen LogP contribution in [0.1, 0.15) is 18.0 Å². The monoisotopic (exact) mass is 376 g/mol. The molecule has 0 spiro atoms. The van der Waals surface area contributed by atoms with Crippen molar-refractivity contribution in [3.8, 4) is 0 Å². The maximum atomic E-state index is 5.95. The highest BCUT2D eigenvalue weighted by Gasteiger charge is 2.28. The molecule has 1 aliphatic rings. The van der Waals surface area contributed by atoms with E-state index >= 15 is 0 Å². The van der Waals surface area contributed by atoms with Crippen LogP contribution in [0.15, 0.2) is 27.1 Å². The van der Waals surface area contributed by atoms with E-state index in [2.05, 4.69) is 55.0 Å². The van der Waals surface area contributed by atoms with Crippen LogP contribution in [0.3, 0.4) is 0 Å². The largest absolute Gasteiger partial charge is 0.380 e. The van der Waals surface area contributed by atoms with Crippen LogP contribution in [0.4, 0.5) is 0 Å². The van der Waals surface area contributed by atoms with E-state index in [-0.39, 0.29) is 6.04 Å². The molecule has 1 saturated heterocycles.